The van der Waals surface area contributed by atoms with E-state index in [-0.39, 0.29) is 11.3 Å². The number of carboxylic acid groups (broad SMARTS) is 1. The molecule has 1 aromatic carbocycles. The number of rotatable bonds is 7. The molecule has 0 aliphatic carbocycles. The first kappa shape index (κ1) is 14.9. The lowest BCUT2D eigenvalue weighted by Crippen LogP contribution is -2.10. The first-order valence-corrected chi connectivity index (χ1v) is 6.49. The minimum absolute atomic E-state index is 0.200. The van der Waals surface area contributed by atoms with Gasteiger partial charge >= 0.3 is 11.7 Å². The summed E-state index contributed by atoms with van der Waals surface area (Å²) in [6.45, 7) is 0.469. The number of carbonyl (C=O) groups is 1. The third-order valence-corrected chi connectivity index (χ3v) is 3.06. The summed E-state index contributed by atoms with van der Waals surface area (Å²) in [5, 5.41) is 22.7. The number of nitrogens with zero attached hydrogens (tertiary/aromatic N) is 1. The number of nitro benzene ring substituents is 1. The second-order valence-electron chi connectivity index (χ2n) is 3.45. The van der Waals surface area contributed by atoms with Crippen molar-refractivity contribution >= 4 is 29.1 Å². The van der Waals surface area contributed by atoms with E-state index in [9.17, 15) is 14.9 Å². The van der Waals surface area contributed by atoms with Crippen molar-refractivity contribution in [3.63, 3.8) is 0 Å². The second-order valence-corrected chi connectivity index (χ2v) is 4.55. The Kier molecular flexibility index (Phi) is 5.70. The normalized spacial score (nSPS) is 9.63. The molecule has 0 heterocycles. The molecule has 0 radical (unpaired) electrons. The average molecular weight is 280 g/mol. The number of hydrogen-bond acceptors (Lipinski definition) is 5. The fourth-order valence-electron chi connectivity index (χ4n) is 1.44. The minimum atomic E-state index is -1.32. The maximum atomic E-state index is 11.0. The fourth-order valence-corrected chi connectivity index (χ4v) is 1.95. The van der Waals surface area contributed by atoms with Crippen LogP contribution < -0.4 is 5.32 Å². The smallest absolute Gasteiger partial charge is 0.342 e. The van der Waals surface area contributed by atoms with Gasteiger partial charge in [-0.2, -0.15) is 0 Å². The lowest BCUT2D eigenvalue weighted by atomic mass is 10.1. The first-order chi connectivity index (χ1) is 9.07. The van der Waals surface area contributed by atoms with Crippen molar-refractivity contribution in [3.05, 3.63) is 33.9 Å². The summed E-state index contributed by atoms with van der Waals surface area (Å²) < 4.78 is 0. The molecule has 1 rings (SSSR count). The SMILES string of the molecule is C#CCSCCNc1cccc(C(=O)O)c1[N+](=O)[O-]. The Hall–Kier alpha value is -2.20. The molecule has 0 saturated carbocycles. The topological polar surface area (TPSA) is 92.5 Å². The van der Waals surface area contributed by atoms with E-state index in [1.165, 1.54) is 30.0 Å². The van der Waals surface area contributed by atoms with Crippen molar-refractivity contribution in [2.24, 2.45) is 0 Å². The number of nitro groups is 1. The molecule has 0 amide bonds. The Morgan fingerprint density at radius 3 is 2.89 bits per heavy atom. The highest BCUT2D eigenvalue weighted by molar-refractivity contribution is 7.99. The zero-order valence-corrected chi connectivity index (χ0v) is 10.8. The maximum absolute atomic E-state index is 11.0. The van der Waals surface area contributed by atoms with Crippen LogP contribution in [0.2, 0.25) is 0 Å². The molecule has 19 heavy (non-hydrogen) atoms. The number of para-hydroxylation sites is 1. The van der Waals surface area contributed by atoms with E-state index in [0.29, 0.717) is 18.1 Å². The highest BCUT2D eigenvalue weighted by atomic mass is 32.2. The zero-order chi connectivity index (χ0) is 14.3. The lowest BCUT2D eigenvalue weighted by molar-refractivity contribution is -0.384. The summed E-state index contributed by atoms with van der Waals surface area (Å²) >= 11 is 1.51. The van der Waals surface area contributed by atoms with Crippen molar-refractivity contribution in [1.29, 1.82) is 0 Å². The molecule has 0 bridgehead atoms. The van der Waals surface area contributed by atoms with Crippen LogP contribution in [0.4, 0.5) is 11.4 Å². The van der Waals surface area contributed by atoms with Crippen molar-refractivity contribution in [2.75, 3.05) is 23.4 Å². The van der Waals surface area contributed by atoms with Crippen LogP contribution in [0, 0.1) is 22.5 Å². The highest BCUT2D eigenvalue weighted by Gasteiger charge is 2.23. The van der Waals surface area contributed by atoms with Crippen molar-refractivity contribution in [1.82, 2.24) is 0 Å². The highest BCUT2D eigenvalue weighted by Crippen LogP contribution is 2.28. The Morgan fingerprint density at radius 1 is 1.58 bits per heavy atom. The quantitative estimate of drug-likeness (QED) is 0.344. The number of benzene rings is 1. The predicted octanol–water partition coefficient (Wildman–Crippen LogP) is 2.07. The molecular formula is C12H12N2O4S. The Labute approximate surface area is 114 Å². The van der Waals surface area contributed by atoms with Crippen LogP contribution in [0.1, 0.15) is 10.4 Å². The molecule has 0 spiro atoms. The van der Waals surface area contributed by atoms with E-state index in [4.69, 9.17) is 11.5 Å². The fraction of sp³-hybridized carbons (Fsp3) is 0.250. The number of thioether (sulfide) groups is 1. The zero-order valence-electron chi connectivity index (χ0n) is 9.96. The van der Waals surface area contributed by atoms with Crippen molar-refractivity contribution < 1.29 is 14.8 Å². The van der Waals surface area contributed by atoms with Gasteiger partial charge in [0.05, 0.1) is 10.7 Å². The van der Waals surface area contributed by atoms with Gasteiger partial charge in [0.15, 0.2) is 0 Å². The molecule has 0 fully saturated rings. The van der Waals surface area contributed by atoms with Gasteiger partial charge in [-0.05, 0) is 12.1 Å². The summed E-state index contributed by atoms with van der Waals surface area (Å²) in [6, 6.07) is 4.16. The third-order valence-electron chi connectivity index (χ3n) is 2.20. The molecule has 0 aliphatic rings. The number of aromatic carboxylic acids is 1. The maximum Gasteiger partial charge on any atom is 0.342 e. The summed E-state index contributed by atoms with van der Waals surface area (Å²) in [5.41, 5.74) is -0.547. The van der Waals surface area contributed by atoms with Crippen molar-refractivity contribution in [2.45, 2.75) is 0 Å². The largest absolute Gasteiger partial charge is 0.477 e. The lowest BCUT2D eigenvalue weighted by Gasteiger charge is -2.07. The molecular weight excluding hydrogens is 268 g/mol. The van der Waals surface area contributed by atoms with Crippen LogP contribution >= 0.6 is 11.8 Å². The molecule has 0 saturated heterocycles. The summed E-state index contributed by atoms with van der Waals surface area (Å²) in [7, 11) is 0. The van der Waals surface area contributed by atoms with Gasteiger partial charge < -0.3 is 10.4 Å². The van der Waals surface area contributed by atoms with Gasteiger partial charge in [-0.3, -0.25) is 10.1 Å². The van der Waals surface area contributed by atoms with E-state index < -0.39 is 16.6 Å². The molecule has 1 aromatic rings. The second kappa shape index (κ2) is 7.28. The number of nitrogens with one attached hydrogen (secondary N) is 1. The van der Waals surface area contributed by atoms with E-state index in [1.54, 1.807) is 0 Å². The van der Waals surface area contributed by atoms with Crippen LogP contribution in [0.15, 0.2) is 18.2 Å². The van der Waals surface area contributed by atoms with Crippen LogP contribution in [0.3, 0.4) is 0 Å². The Balaban J connectivity index is 2.83. The van der Waals surface area contributed by atoms with Crippen molar-refractivity contribution in [3.8, 4) is 12.3 Å². The molecule has 2 N–H and O–H groups in total. The van der Waals surface area contributed by atoms with E-state index in [1.807, 2.05) is 0 Å². The summed E-state index contributed by atoms with van der Waals surface area (Å²) in [4.78, 5) is 21.2. The van der Waals surface area contributed by atoms with Crippen LogP contribution in [0.5, 0.6) is 0 Å². The van der Waals surface area contributed by atoms with Gasteiger partial charge in [0.1, 0.15) is 11.3 Å². The predicted molar refractivity (Wildman–Crippen MR) is 74.7 cm³/mol. The number of carboxylic acids is 1. The number of anilines is 1. The first-order valence-electron chi connectivity index (χ1n) is 5.33. The standard InChI is InChI=1S/C12H12N2O4S/c1-2-7-19-8-6-13-10-5-3-4-9(12(15)16)11(10)14(17)18/h1,3-5,13H,6-8H2,(H,15,16). The van der Waals surface area contributed by atoms with E-state index >= 15 is 0 Å². The molecule has 6 nitrogen and oxygen atoms in total. The molecule has 100 valence electrons. The van der Waals surface area contributed by atoms with Gasteiger partial charge in [0.2, 0.25) is 0 Å². The Bertz CT molecular complexity index is 525. The van der Waals surface area contributed by atoms with Gasteiger partial charge in [-0.15, -0.1) is 18.2 Å². The van der Waals surface area contributed by atoms with Gasteiger partial charge in [0, 0.05) is 12.3 Å². The molecule has 0 atom stereocenters. The number of hydrogen-bond donors (Lipinski definition) is 2. The van der Waals surface area contributed by atoms with Gasteiger partial charge in [-0.1, -0.05) is 12.0 Å². The molecule has 0 aromatic heterocycles. The van der Waals surface area contributed by atoms with E-state index in [2.05, 4.69) is 11.2 Å². The van der Waals surface area contributed by atoms with Gasteiger partial charge in [0.25, 0.3) is 0 Å². The number of terminal acetylenes is 1. The molecule has 0 aliphatic heterocycles. The van der Waals surface area contributed by atoms with Crippen LogP contribution in [0.25, 0.3) is 0 Å². The third kappa shape index (κ3) is 4.19. The van der Waals surface area contributed by atoms with Gasteiger partial charge in [-0.25, -0.2) is 4.79 Å². The van der Waals surface area contributed by atoms with Crippen LogP contribution in [-0.4, -0.2) is 34.0 Å². The summed E-state index contributed by atoms with van der Waals surface area (Å²) in [6.07, 6.45) is 5.09. The molecule has 7 heteroatoms. The van der Waals surface area contributed by atoms with Crippen LogP contribution in [-0.2, 0) is 0 Å². The average Bonchev–Trinajstić information content (AvgIpc) is 2.37. The Morgan fingerprint density at radius 2 is 2.32 bits per heavy atom. The monoisotopic (exact) mass is 280 g/mol. The van der Waals surface area contributed by atoms with E-state index in [0.717, 1.165) is 0 Å². The summed E-state index contributed by atoms with van der Waals surface area (Å²) in [5.74, 6) is 2.39. The minimum Gasteiger partial charge on any atom is -0.477 e. The molecule has 0 unspecified atom stereocenters.